The number of anilines is 1. The van der Waals surface area contributed by atoms with Crippen LogP contribution in [0.4, 0.5) is 5.69 Å². The highest BCUT2D eigenvalue weighted by Gasteiger charge is 2.28. The minimum atomic E-state index is -3.67. The molecule has 0 unspecified atom stereocenters. The van der Waals surface area contributed by atoms with Crippen LogP contribution in [0.1, 0.15) is 17.3 Å². The number of H-pyrrole nitrogens is 1. The van der Waals surface area contributed by atoms with Gasteiger partial charge >= 0.3 is 0 Å². The predicted molar refractivity (Wildman–Crippen MR) is 128 cm³/mol. The Hall–Kier alpha value is -3.27. The van der Waals surface area contributed by atoms with Crippen LogP contribution in [0.2, 0.25) is 0 Å². The maximum atomic E-state index is 13.1. The van der Waals surface area contributed by atoms with E-state index in [1.807, 2.05) is 30.3 Å². The van der Waals surface area contributed by atoms with Gasteiger partial charge in [0.25, 0.3) is 11.5 Å². The first kappa shape index (κ1) is 22.9. The molecule has 1 saturated heterocycles. The van der Waals surface area contributed by atoms with E-state index in [4.69, 9.17) is 0 Å². The summed E-state index contributed by atoms with van der Waals surface area (Å²) in [7, 11) is -3.67. The molecule has 1 aromatic heterocycles. The van der Waals surface area contributed by atoms with E-state index in [-0.39, 0.29) is 10.5 Å². The zero-order valence-corrected chi connectivity index (χ0v) is 19.1. The van der Waals surface area contributed by atoms with Gasteiger partial charge in [-0.05, 0) is 42.4 Å². The number of likely N-dealkylation sites (N-methyl/N-ethyl adjacent to an activating group) is 1. The molecule has 0 spiro atoms. The first-order chi connectivity index (χ1) is 15.9. The number of amides is 1. The summed E-state index contributed by atoms with van der Waals surface area (Å²) >= 11 is 0. The Kier molecular flexibility index (Phi) is 6.73. The topological polar surface area (TPSA) is 103 Å². The number of carbonyl (C=O) groups excluding carboxylic acids is 1. The number of piperazine rings is 1. The third-order valence-corrected chi connectivity index (χ3v) is 7.64. The van der Waals surface area contributed by atoms with Crippen LogP contribution in [-0.4, -0.2) is 61.2 Å². The lowest BCUT2D eigenvalue weighted by atomic mass is 10.1. The van der Waals surface area contributed by atoms with Crippen molar-refractivity contribution in [1.82, 2.24) is 14.2 Å². The van der Waals surface area contributed by atoms with Crippen LogP contribution >= 0.6 is 0 Å². The molecule has 0 saturated carbocycles. The van der Waals surface area contributed by atoms with Gasteiger partial charge < -0.3 is 15.2 Å². The summed E-state index contributed by atoms with van der Waals surface area (Å²) in [6.45, 7) is 5.17. The van der Waals surface area contributed by atoms with Crippen molar-refractivity contribution in [2.75, 3.05) is 38.0 Å². The van der Waals surface area contributed by atoms with Crippen molar-refractivity contribution in [1.29, 1.82) is 0 Å². The molecule has 3 aromatic rings. The van der Waals surface area contributed by atoms with Gasteiger partial charge in [0.2, 0.25) is 10.0 Å². The zero-order valence-electron chi connectivity index (χ0n) is 18.3. The fourth-order valence-corrected chi connectivity index (χ4v) is 5.28. The minimum Gasteiger partial charge on any atom is -0.322 e. The number of hydrogen-bond acceptors (Lipinski definition) is 5. The van der Waals surface area contributed by atoms with Crippen molar-refractivity contribution in [3.63, 3.8) is 0 Å². The predicted octanol–water partition coefficient (Wildman–Crippen LogP) is 2.62. The van der Waals surface area contributed by atoms with E-state index >= 15 is 0 Å². The average molecular weight is 467 g/mol. The molecule has 1 aliphatic heterocycles. The summed E-state index contributed by atoms with van der Waals surface area (Å²) in [6.07, 6.45) is 0. The molecule has 0 aliphatic carbocycles. The van der Waals surface area contributed by atoms with Crippen LogP contribution in [0, 0.1) is 0 Å². The average Bonchev–Trinajstić information content (AvgIpc) is 2.84. The molecule has 9 heteroatoms. The lowest BCUT2D eigenvalue weighted by Gasteiger charge is -2.33. The summed E-state index contributed by atoms with van der Waals surface area (Å²) in [4.78, 5) is 30.3. The number of hydrogen-bond donors (Lipinski definition) is 2. The van der Waals surface area contributed by atoms with Crippen LogP contribution in [0.25, 0.3) is 11.3 Å². The summed E-state index contributed by atoms with van der Waals surface area (Å²) in [5.74, 6) is -0.609. The van der Waals surface area contributed by atoms with Crippen molar-refractivity contribution in [2.45, 2.75) is 11.8 Å². The third kappa shape index (κ3) is 5.05. The van der Waals surface area contributed by atoms with Crippen molar-refractivity contribution in [3.05, 3.63) is 82.6 Å². The van der Waals surface area contributed by atoms with E-state index in [9.17, 15) is 18.0 Å². The van der Waals surface area contributed by atoms with E-state index in [1.54, 1.807) is 18.2 Å². The van der Waals surface area contributed by atoms with Gasteiger partial charge in [-0.1, -0.05) is 43.3 Å². The number of aromatic nitrogens is 1. The molecule has 172 valence electrons. The Morgan fingerprint density at radius 2 is 1.70 bits per heavy atom. The Morgan fingerprint density at radius 3 is 2.36 bits per heavy atom. The molecule has 1 aliphatic rings. The van der Waals surface area contributed by atoms with Crippen LogP contribution in [0.15, 0.2) is 76.4 Å². The van der Waals surface area contributed by atoms with Crippen LogP contribution in [0.3, 0.4) is 0 Å². The Morgan fingerprint density at radius 1 is 0.970 bits per heavy atom. The Labute approximate surface area is 192 Å². The Balaban J connectivity index is 1.51. The maximum Gasteiger partial charge on any atom is 0.261 e. The second-order valence-electron chi connectivity index (χ2n) is 7.80. The Bertz CT molecular complexity index is 1300. The van der Waals surface area contributed by atoms with Gasteiger partial charge in [-0.25, -0.2) is 8.42 Å². The number of aromatic amines is 1. The molecule has 1 fully saturated rings. The SMILES string of the molecule is CCN1CCN(S(=O)(=O)c2cccc(NC(=O)c3ccc(-c4ccccc4)[nH]c3=O)c2)CC1. The van der Waals surface area contributed by atoms with Gasteiger partial charge in [0.1, 0.15) is 5.56 Å². The monoisotopic (exact) mass is 466 g/mol. The molecular weight excluding hydrogens is 440 g/mol. The number of carbonyl (C=O) groups is 1. The first-order valence-corrected chi connectivity index (χ1v) is 12.2. The summed E-state index contributed by atoms with van der Waals surface area (Å²) in [5.41, 5.74) is 1.16. The van der Waals surface area contributed by atoms with Crippen LogP contribution in [-0.2, 0) is 10.0 Å². The molecule has 2 heterocycles. The molecule has 2 N–H and O–H groups in total. The standard InChI is InChI=1S/C24H26N4O4S/c1-2-27-13-15-28(16-14-27)33(31,32)20-10-6-9-19(17-20)25-23(29)21-11-12-22(26-24(21)30)18-7-4-3-5-8-18/h3-12,17H,2,13-16H2,1H3,(H,25,29)(H,26,30). The van der Waals surface area contributed by atoms with E-state index in [0.29, 0.717) is 37.6 Å². The number of sulfonamides is 1. The molecule has 33 heavy (non-hydrogen) atoms. The summed E-state index contributed by atoms with van der Waals surface area (Å²) < 4.78 is 27.6. The highest BCUT2D eigenvalue weighted by molar-refractivity contribution is 7.89. The molecular formula is C24H26N4O4S. The van der Waals surface area contributed by atoms with Crippen molar-refractivity contribution >= 4 is 21.6 Å². The zero-order chi connectivity index (χ0) is 23.4. The fraction of sp³-hybridized carbons (Fsp3) is 0.250. The smallest absolute Gasteiger partial charge is 0.261 e. The van der Waals surface area contributed by atoms with Gasteiger partial charge in [0, 0.05) is 37.6 Å². The van der Waals surface area contributed by atoms with Crippen molar-refractivity contribution in [3.8, 4) is 11.3 Å². The molecule has 0 radical (unpaired) electrons. The molecule has 4 rings (SSSR count). The lowest BCUT2D eigenvalue weighted by Crippen LogP contribution is -2.48. The van der Waals surface area contributed by atoms with Gasteiger partial charge in [0.15, 0.2) is 0 Å². The van der Waals surface area contributed by atoms with Crippen LogP contribution in [0.5, 0.6) is 0 Å². The number of pyridine rings is 1. The molecule has 0 atom stereocenters. The second-order valence-corrected chi connectivity index (χ2v) is 9.74. The van der Waals surface area contributed by atoms with Crippen molar-refractivity contribution in [2.24, 2.45) is 0 Å². The van der Waals surface area contributed by atoms with E-state index in [1.165, 1.54) is 22.5 Å². The largest absolute Gasteiger partial charge is 0.322 e. The lowest BCUT2D eigenvalue weighted by molar-refractivity contribution is 0.102. The molecule has 1 amide bonds. The van der Waals surface area contributed by atoms with Gasteiger partial charge in [0.05, 0.1) is 4.90 Å². The first-order valence-electron chi connectivity index (χ1n) is 10.8. The van der Waals surface area contributed by atoms with Gasteiger partial charge in [-0.15, -0.1) is 0 Å². The van der Waals surface area contributed by atoms with Crippen molar-refractivity contribution < 1.29 is 13.2 Å². The number of nitrogens with one attached hydrogen (secondary N) is 2. The van der Waals surface area contributed by atoms with E-state index < -0.39 is 21.5 Å². The maximum absolute atomic E-state index is 13.1. The summed E-state index contributed by atoms with van der Waals surface area (Å²) in [5, 5.41) is 2.64. The minimum absolute atomic E-state index is 0.0568. The quantitative estimate of drug-likeness (QED) is 0.581. The van der Waals surface area contributed by atoms with E-state index in [2.05, 4.69) is 22.1 Å². The normalized spacial score (nSPS) is 15.3. The van der Waals surface area contributed by atoms with E-state index in [0.717, 1.165) is 12.1 Å². The number of rotatable bonds is 6. The van der Waals surface area contributed by atoms with Gasteiger partial charge in [-0.2, -0.15) is 4.31 Å². The highest BCUT2D eigenvalue weighted by atomic mass is 32.2. The molecule has 0 bridgehead atoms. The molecule has 8 nitrogen and oxygen atoms in total. The highest BCUT2D eigenvalue weighted by Crippen LogP contribution is 2.21. The summed E-state index contributed by atoms with van der Waals surface area (Å²) in [6, 6.07) is 18.6. The number of benzene rings is 2. The van der Waals surface area contributed by atoms with Gasteiger partial charge in [-0.3, -0.25) is 9.59 Å². The fourth-order valence-electron chi connectivity index (χ4n) is 3.81. The number of nitrogens with zero attached hydrogens (tertiary/aromatic N) is 2. The third-order valence-electron chi connectivity index (χ3n) is 5.75. The second kappa shape index (κ2) is 9.70. The van der Waals surface area contributed by atoms with Crippen LogP contribution < -0.4 is 10.9 Å². The molecule has 2 aromatic carbocycles.